The van der Waals surface area contributed by atoms with E-state index in [1.165, 1.54) is 13.0 Å². The van der Waals surface area contributed by atoms with Gasteiger partial charge in [-0.2, -0.15) is 0 Å². The van der Waals surface area contributed by atoms with Gasteiger partial charge in [0.15, 0.2) is 0 Å². The Hall–Kier alpha value is -2.49. The number of nitrogens with one attached hydrogen (secondary N) is 2. The zero-order valence-corrected chi connectivity index (χ0v) is 24.9. The van der Waals surface area contributed by atoms with Crippen LogP contribution in [0.25, 0.3) is 0 Å². The fraction of sp³-hybridized carbons (Fsp3) is 0.710. The molecular weight excluding hydrogens is 512 g/mol. The minimum atomic E-state index is -0.457. The molecule has 0 aromatic carbocycles. The molecule has 0 bridgehead atoms. The Kier molecular flexibility index (Phi) is 12.0. The molecule has 3 heterocycles. The first-order valence-corrected chi connectivity index (χ1v) is 14.7. The Balaban J connectivity index is 1.46. The van der Waals surface area contributed by atoms with Gasteiger partial charge in [0, 0.05) is 32.4 Å². The van der Waals surface area contributed by atoms with E-state index in [0.717, 1.165) is 44.3 Å². The fourth-order valence-corrected chi connectivity index (χ4v) is 5.42. The highest BCUT2D eigenvalue weighted by Gasteiger charge is 2.51. The van der Waals surface area contributed by atoms with E-state index in [4.69, 9.17) is 18.9 Å². The molecule has 0 aromatic rings. The van der Waals surface area contributed by atoms with Crippen LogP contribution in [0.4, 0.5) is 0 Å². The van der Waals surface area contributed by atoms with Crippen molar-refractivity contribution in [2.45, 2.75) is 122 Å². The molecule has 1 unspecified atom stereocenters. The van der Waals surface area contributed by atoms with Crippen LogP contribution in [0, 0.1) is 5.92 Å². The van der Waals surface area contributed by atoms with E-state index in [0.29, 0.717) is 13.0 Å². The van der Waals surface area contributed by atoms with Gasteiger partial charge in [-0.25, -0.2) is 0 Å². The lowest BCUT2D eigenvalue weighted by Crippen LogP contribution is -2.50. The van der Waals surface area contributed by atoms with Crippen LogP contribution >= 0.6 is 0 Å². The summed E-state index contributed by atoms with van der Waals surface area (Å²) in [6.45, 7) is 12.7. The van der Waals surface area contributed by atoms with E-state index in [-0.39, 0.29) is 59.8 Å². The van der Waals surface area contributed by atoms with Crippen molar-refractivity contribution >= 4 is 17.8 Å². The van der Waals surface area contributed by atoms with Gasteiger partial charge in [-0.15, -0.1) is 0 Å². The van der Waals surface area contributed by atoms with Gasteiger partial charge in [-0.1, -0.05) is 37.6 Å². The second-order valence-electron chi connectivity index (χ2n) is 11.7. The molecule has 3 fully saturated rings. The first-order chi connectivity index (χ1) is 19.0. The molecule has 3 aliphatic rings. The molecule has 2 amide bonds. The molecule has 0 aromatic heterocycles. The van der Waals surface area contributed by atoms with Gasteiger partial charge in [0.2, 0.25) is 11.8 Å². The molecule has 9 heteroatoms. The number of rotatable bonds is 12. The van der Waals surface area contributed by atoms with Crippen molar-refractivity contribution in [2.24, 2.45) is 5.92 Å². The zero-order chi connectivity index (χ0) is 29.3. The Morgan fingerprint density at radius 2 is 1.88 bits per heavy atom. The van der Waals surface area contributed by atoms with Crippen LogP contribution in [0.3, 0.4) is 0 Å². The summed E-state index contributed by atoms with van der Waals surface area (Å²) in [5.41, 5.74) is 0.993. The summed E-state index contributed by atoms with van der Waals surface area (Å²) in [5, 5.41) is 5.96. The van der Waals surface area contributed by atoms with Gasteiger partial charge < -0.3 is 29.6 Å². The number of carbonyl (C=O) groups is 3. The van der Waals surface area contributed by atoms with Crippen LogP contribution in [0.2, 0.25) is 0 Å². The van der Waals surface area contributed by atoms with Crippen molar-refractivity contribution in [3.8, 4) is 0 Å². The van der Waals surface area contributed by atoms with E-state index in [9.17, 15) is 14.4 Å². The summed E-state index contributed by atoms with van der Waals surface area (Å²) in [5.74, 6) is -0.302. The van der Waals surface area contributed by atoms with Crippen molar-refractivity contribution in [1.29, 1.82) is 0 Å². The summed E-state index contributed by atoms with van der Waals surface area (Å²) >= 11 is 0. The van der Waals surface area contributed by atoms with Crippen LogP contribution in [-0.4, -0.2) is 73.1 Å². The number of carbonyl (C=O) groups excluding carboxylic acids is 3. The number of ether oxygens (including phenoxy) is 4. The molecule has 0 saturated carbocycles. The maximum Gasteiger partial charge on any atom is 0.303 e. The standard InChI is InChI=1S/C31H48N2O7/c1-7-14-32-30(36)16-26-18-31(19-37-31)17-25(40-26)11-8-20(2)9-12-28-21(3)15-27(23(5)39-28)33-29(35)13-10-22(4)38-24(6)34/h8-11,13,21-23,25-28H,7,12,14-19H2,1-6H3,(H,32,36)(H,33,35)/t21-,22?,23+,25+,26+,27+,28-,31+/m0/s1. The van der Waals surface area contributed by atoms with Crippen LogP contribution in [0.15, 0.2) is 36.0 Å². The summed E-state index contributed by atoms with van der Waals surface area (Å²) in [4.78, 5) is 35.6. The number of hydrogen-bond acceptors (Lipinski definition) is 7. The van der Waals surface area contributed by atoms with Crippen molar-refractivity contribution in [2.75, 3.05) is 13.2 Å². The van der Waals surface area contributed by atoms with Gasteiger partial charge in [-0.05, 0) is 52.0 Å². The van der Waals surface area contributed by atoms with Crippen LogP contribution in [-0.2, 0) is 33.3 Å². The monoisotopic (exact) mass is 560 g/mol. The summed E-state index contributed by atoms with van der Waals surface area (Å²) in [6, 6.07) is -0.0881. The normalized spacial score (nSPS) is 33.2. The van der Waals surface area contributed by atoms with E-state index in [1.807, 2.05) is 13.8 Å². The first-order valence-electron chi connectivity index (χ1n) is 14.7. The van der Waals surface area contributed by atoms with E-state index in [2.05, 4.69) is 42.7 Å². The van der Waals surface area contributed by atoms with Crippen LogP contribution in [0.1, 0.15) is 80.1 Å². The Labute approximate surface area is 239 Å². The number of amides is 2. The second kappa shape index (κ2) is 14.9. The third-order valence-electron chi connectivity index (χ3n) is 7.74. The Bertz CT molecular complexity index is 971. The van der Waals surface area contributed by atoms with E-state index < -0.39 is 6.10 Å². The van der Waals surface area contributed by atoms with Crippen LogP contribution in [0.5, 0.6) is 0 Å². The molecule has 0 radical (unpaired) electrons. The summed E-state index contributed by atoms with van der Waals surface area (Å²) < 4.78 is 23.3. The molecule has 224 valence electrons. The van der Waals surface area contributed by atoms with Crippen molar-refractivity contribution in [3.63, 3.8) is 0 Å². The smallest absolute Gasteiger partial charge is 0.303 e. The molecule has 3 aliphatic heterocycles. The van der Waals surface area contributed by atoms with Gasteiger partial charge in [0.1, 0.15) is 6.10 Å². The van der Waals surface area contributed by atoms with Gasteiger partial charge in [-0.3, -0.25) is 14.4 Å². The lowest BCUT2D eigenvalue weighted by Gasteiger charge is -2.39. The SMILES string of the molecule is CCCNC(=O)C[C@@H]1C[C@@]2(CO2)C[C@@H](C=CC(C)=CC[C@@H]2O[C@H](C)[C@H](NC(=O)C=CC(C)OC(C)=O)C[C@@H]2C)O1. The second-order valence-corrected chi connectivity index (χ2v) is 11.7. The highest BCUT2D eigenvalue weighted by molar-refractivity contribution is 5.87. The lowest BCUT2D eigenvalue weighted by atomic mass is 9.88. The van der Waals surface area contributed by atoms with Crippen molar-refractivity contribution in [1.82, 2.24) is 10.6 Å². The lowest BCUT2D eigenvalue weighted by molar-refractivity contribution is -0.143. The van der Waals surface area contributed by atoms with Crippen molar-refractivity contribution in [3.05, 3.63) is 36.0 Å². The third kappa shape index (κ3) is 10.5. The average Bonchev–Trinajstić information content (AvgIpc) is 3.62. The molecule has 0 aliphatic carbocycles. The minimum absolute atomic E-state index is 0.0336. The molecule has 3 saturated heterocycles. The molecule has 3 rings (SSSR count). The molecule has 8 atom stereocenters. The molecule has 1 spiro atoms. The predicted octanol–water partition coefficient (Wildman–Crippen LogP) is 3.92. The topological polar surface area (TPSA) is 115 Å². The maximum absolute atomic E-state index is 12.4. The first kappa shape index (κ1) is 32.0. The summed E-state index contributed by atoms with van der Waals surface area (Å²) in [7, 11) is 0. The van der Waals surface area contributed by atoms with Gasteiger partial charge >= 0.3 is 5.97 Å². The zero-order valence-electron chi connectivity index (χ0n) is 24.9. The number of hydrogen-bond donors (Lipinski definition) is 2. The molecule has 9 nitrogen and oxygen atoms in total. The third-order valence-corrected chi connectivity index (χ3v) is 7.74. The Morgan fingerprint density at radius 3 is 2.55 bits per heavy atom. The van der Waals surface area contributed by atoms with Gasteiger partial charge in [0.05, 0.1) is 49.1 Å². The molecular formula is C31H48N2O7. The minimum Gasteiger partial charge on any atom is -0.459 e. The maximum atomic E-state index is 12.4. The van der Waals surface area contributed by atoms with Gasteiger partial charge in [0.25, 0.3) is 0 Å². The van der Waals surface area contributed by atoms with Crippen molar-refractivity contribution < 1.29 is 33.3 Å². The highest BCUT2D eigenvalue weighted by Crippen LogP contribution is 2.43. The number of esters is 1. The highest BCUT2D eigenvalue weighted by atomic mass is 16.6. The fourth-order valence-electron chi connectivity index (χ4n) is 5.42. The number of allylic oxidation sites excluding steroid dienone is 2. The quantitative estimate of drug-likeness (QED) is 0.161. The summed E-state index contributed by atoms with van der Waals surface area (Å²) in [6.07, 6.45) is 13.1. The Morgan fingerprint density at radius 1 is 1.12 bits per heavy atom. The van der Waals surface area contributed by atoms with E-state index in [1.54, 1.807) is 13.0 Å². The molecule has 2 N–H and O–H groups in total. The predicted molar refractivity (Wildman–Crippen MR) is 152 cm³/mol. The molecule has 40 heavy (non-hydrogen) atoms. The average molecular weight is 561 g/mol. The largest absolute Gasteiger partial charge is 0.459 e. The number of epoxide rings is 1. The van der Waals surface area contributed by atoms with E-state index >= 15 is 0 Å². The van der Waals surface area contributed by atoms with Crippen LogP contribution < -0.4 is 10.6 Å².